The highest BCUT2D eigenvalue weighted by atomic mass is 19.1. The van der Waals surface area contributed by atoms with Crippen LogP contribution in [0.1, 0.15) is 23.7 Å². The fourth-order valence-corrected chi connectivity index (χ4v) is 1.95. The number of halogens is 1. The third-order valence-electron chi connectivity index (χ3n) is 3.09. The van der Waals surface area contributed by atoms with E-state index < -0.39 is 6.10 Å². The summed E-state index contributed by atoms with van der Waals surface area (Å²) in [6.45, 7) is 2.37. The van der Waals surface area contributed by atoms with Crippen LogP contribution in [-0.4, -0.2) is 11.7 Å². The average Bonchev–Trinajstić information content (AvgIpc) is 2.43. The molecule has 0 spiro atoms. The first-order valence-corrected chi connectivity index (χ1v) is 6.40. The first-order valence-electron chi connectivity index (χ1n) is 6.40. The smallest absolute Gasteiger partial charge is 0.126 e. The highest BCUT2D eigenvalue weighted by Crippen LogP contribution is 2.19. The quantitative estimate of drug-likeness (QED) is 0.858. The van der Waals surface area contributed by atoms with Crippen molar-refractivity contribution >= 4 is 5.69 Å². The van der Waals surface area contributed by atoms with Crippen molar-refractivity contribution in [2.45, 2.75) is 19.4 Å². The van der Waals surface area contributed by atoms with Crippen molar-refractivity contribution < 1.29 is 9.50 Å². The Balaban J connectivity index is 1.87. The van der Waals surface area contributed by atoms with Gasteiger partial charge in [0.1, 0.15) is 5.82 Å². The molecule has 0 aliphatic rings. The summed E-state index contributed by atoms with van der Waals surface area (Å²) < 4.78 is 13.1. The maximum Gasteiger partial charge on any atom is 0.126 e. The number of para-hydroxylation sites is 1. The Hall–Kier alpha value is -1.87. The molecular weight excluding hydrogens is 241 g/mol. The summed E-state index contributed by atoms with van der Waals surface area (Å²) in [5.41, 5.74) is 2.35. The number of rotatable bonds is 5. The minimum absolute atomic E-state index is 0.238. The molecule has 100 valence electrons. The van der Waals surface area contributed by atoms with Gasteiger partial charge in [-0.15, -0.1) is 0 Å². The number of aryl methyl sites for hydroxylation is 1. The normalized spacial score (nSPS) is 12.2. The van der Waals surface area contributed by atoms with Gasteiger partial charge in [-0.25, -0.2) is 4.39 Å². The van der Waals surface area contributed by atoms with Gasteiger partial charge < -0.3 is 10.4 Å². The molecule has 0 heterocycles. The Kier molecular flexibility index (Phi) is 4.53. The Morgan fingerprint density at radius 3 is 2.58 bits per heavy atom. The van der Waals surface area contributed by atoms with Crippen molar-refractivity contribution in [1.82, 2.24) is 0 Å². The first-order chi connectivity index (χ1) is 9.16. The van der Waals surface area contributed by atoms with Crippen LogP contribution in [0, 0.1) is 12.7 Å². The van der Waals surface area contributed by atoms with Crippen LogP contribution in [0.15, 0.2) is 48.5 Å². The van der Waals surface area contributed by atoms with E-state index in [-0.39, 0.29) is 5.82 Å². The molecule has 19 heavy (non-hydrogen) atoms. The summed E-state index contributed by atoms with van der Waals surface area (Å²) in [4.78, 5) is 0. The van der Waals surface area contributed by atoms with Crippen molar-refractivity contribution in [1.29, 1.82) is 0 Å². The van der Waals surface area contributed by atoms with Gasteiger partial charge in [-0.3, -0.25) is 0 Å². The van der Waals surface area contributed by atoms with E-state index in [0.717, 1.165) is 11.3 Å². The molecule has 2 nitrogen and oxygen atoms in total. The second-order valence-electron chi connectivity index (χ2n) is 4.61. The predicted molar refractivity (Wildman–Crippen MR) is 75.6 cm³/mol. The molecule has 2 aromatic carbocycles. The zero-order valence-electron chi connectivity index (χ0n) is 10.9. The Bertz CT molecular complexity index is 528. The molecule has 0 aliphatic carbocycles. The summed E-state index contributed by atoms with van der Waals surface area (Å²) in [5.74, 6) is -0.238. The third kappa shape index (κ3) is 3.80. The number of nitrogens with one attached hydrogen (secondary N) is 1. The van der Waals surface area contributed by atoms with Crippen molar-refractivity contribution in [2.75, 3.05) is 11.9 Å². The summed E-state index contributed by atoms with van der Waals surface area (Å²) in [6.07, 6.45) is 0.00970. The zero-order chi connectivity index (χ0) is 13.7. The lowest BCUT2D eigenvalue weighted by Gasteiger charge is -2.13. The third-order valence-corrected chi connectivity index (χ3v) is 3.09. The molecule has 2 rings (SSSR count). The number of hydrogen-bond donors (Lipinski definition) is 2. The Morgan fingerprint density at radius 1 is 1.16 bits per heavy atom. The molecule has 0 aromatic heterocycles. The van der Waals surface area contributed by atoms with E-state index in [0.29, 0.717) is 18.5 Å². The lowest BCUT2D eigenvalue weighted by atomic mass is 10.0. The molecule has 3 heteroatoms. The molecule has 0 bridgehead atoms. The van der Waals surface area contributed by atoms with Crippen molar-refractivity contribution in [3.05, 3.63) is 65.5 Å². The van der Waals surface area contributed by atoms with Gasteiger partial charge in [0.05, 0.1) is 6.10 Å². The lowest BCUT2D eigenvalue weighted by molar-refractivity contribution is 0.171. The van der Waals surface area contributed by atoms with E-state index in [1.807, 2.05) is 30.3 Å². The molecule has 0 radical (unpaired) electrons. The van der Waals surface area contributed by atoms with Gasteiger partial charge in [0.25, 0.3) is 0 Å². The molecule has 0 saturated heterocycles. The van der Waals surface area contributed by atoms with Gasteiger partial charge in [0.15, 0.2) is 0 Å². The second kappa shape index (κ2) is 6.34. The van der Waals surface area contributed by atoms with Gasteiger partial charge in [0.2, 0.25) is 0 Å². The molecule has 2 N–H and O–H groups in total. The summed E-state index contributed by atoms with van der Waals surface area (Å²) in [6, 6.07) is 14.6. The van der Waals surface area contributed by atoms with Gasteiger partial charge in [-0.1, -0.05) is 30.3 Å². The largest absolute Gasteiger partial charge is 0.388 e. The number of anilines is 1. The van der Waals surface area contributed by atoms with Crippen LogP contribution in [-0.2, 0) is 0 Å². The van der Waals surface area contributed by atoms with Gasteiger partial charge in [-0.05, 0) is 42.7 Å². The molecule has 0 aliphatic heterocycles. The maximum absolute atomic E-state index is 13.1. The van der Waals surface area contributed by atoms with Gasteiger partial charge in [-0.2, -0.15) is 0 Å². The number of hydrogen-bond acceptors (Lipinski definition) is 2. The molecule has 2 aromatic rings. The highest BCUT2D eigenvalue weighted by molar-refractivity contribution is 5.42. The fourth-order valence-electron chi connectivity index (χ4n) is 1.95. The minimum atomic E-state index is -0.574. The van der Waals surface area contributed by atoms with E-state index in [1.54, 1.807) is 19.1 Å². The van der Waals surface area contributed by atoms with E-state index in [9.17, 15) is 9.50 Å². The van der Waals surface area contributed by atoms with Crippen molar-refractivity contribution in [2.24, 2.45) is 0 Å². The van der Waals surface area contributed by atoms with Crippen molar-refractivity contribution in [3.8, 4) is 0 Å². The highest BCUT2D eigenvalue weighted by Gasteiger charge is 2.08. The summed E-state index contributed by atoms with van der Waals surface area (Å²) >= 11 is 0. The zero-order valence-corrected chi connectivity index (χ0v) is 10.9. The lowest BCUT2D eigenvalue weighted by Crippen LogP contribution is -2.07. The van der Waals surface area contributed by atoms with Crippen LogP contribution in [0.3, 0.4) is 0 Å². The van der Waals surface area contributed by atoms with Gasteiger partial charge >= 0.3 is 0 Å². The standard InChI is InChI=1S/C16H18FNO/c1-12-11-13(7-8-15(12)17)16(19)9-10-18-14-5-3-2-4-6-14/h2-8,11,16,18-19H,9-10H2,1H3. The predicted octanol–water partition coefficient (Wildman–Crippen LogP) is 3.67. The van der Waals surface area contributed by atoms with Crippen LogP contribution in [0.25, 0.3) is 0 Å². The van der Waals surface area contributed by atoms with Crippen LogP contribution < -0.4 is 5.32 Å². The van der Waals surface area contributed by atoms with E-state index in [4.69, 9.17) is 0 Å². The molecular formula is C16H18FNO. The van der Waals surface area contributed by atoms with Crippen LogP contribution in [0.5, 0.6) is 0 Å². The maximum atomic E-state index is 13.1. The van der Waals surface area contributed by atoms with E-state index in [2.05, 4.69) is 5.32 Å². The van der Waals surface area contributed by atoms with Crippen molar-refractivity contribution in [3.63, 3.8) is 0 Å². The minimum Gasteiger partial charge on any atom is -0.388 e. The average molecular weight is 259 g/mol. The monoisotopic (exact) mass is 259 g/mol. The Labute approximate surface area is 112 Å². The molecule has 0 fully saturated rings. The first kappa shape index (κ1) is 13.6. The molecule has 1 unspecified atom stereocenters. The fraction of sp³-hybridized carbons (Fsp3) is 0.250. The Morgan fingerprint density at radius 2 is 1.89 bits per heavy atom. The number of aliphatic hydroxyl groups excluding tert-OH is 1. The molecule has 0 amide bonds. The SMILES string of the molecule is Cc1cc(C(O)CCNc2ccccc2)ccc1F. The summed E-state index contributed by atoms with van der Waals surface area (Å²) in [5, 5.41) is 13.3. The van der Waals surface area contributed by atoms with Crippen LogP contribution in [0.4, 0.5) is 10.1 Å². The topological polar surface area (TPSA) is 32.3 Å². The summed E-state index contributed by atoms with van der Waals surface area (Å²) in [7, 11) is 0. The van der Waals surface area contributed by atoms with E-state index >= 15 is 0 Å². The number of aliphatic hydroxyl groups is 1. The van der Waals surface area contributed by atoms with Gasteiger partial charge in [0, 0.05) is 12.2 Å². The number of benzene rings is 2. The molecule has 1 atom stereocenters. The van der Waals surface area contributed by atoms with Crippen LogP contribution >= 0.6 is 0 Å². The second-order valence-corrected chi connectivity index (χ2v) is 4.61. The van der Waals surface area contributed by atoms with Crippen LogP contribution in [0.2, 0.25) is 0 Å². The molecule has 0 saturated carbocycles. The van der Waals surface area contributed by atoms with E-state index in [1.165, 1.54) is 6.07 Å².